The summed E-state index contributed by atoms with van der Waals surface area (Å²) in [6.45, 7) is 1.82. The number of aryl methyl sites for hydroxylation is 1. The molecular weight excluding hydrogens is 367 g/mol. The molecule has 134 valence electrons. The van der Waals surface area contributed by atoms with Crippen molar-refractivity contribution < 1.29 is 9.31 Å². The van der Waals surface area contributed by atoms with Crippen LogP contribution in [-0.4, -0.2) is 9.91 Å². The first-order chi connectivity index (χ1) is 13.0. The molecule has 1 N–H and O–H groups in total. The highest BCUT2D eigenvalue weighted by atomic mass is 32.1. The molecule has 0 aliphatic heterocycles. The summed E-state index contributed by atoms with van der Waals surface area (Å²) in [6.07, 6.45) is 1.47. The summed E-state index contributed by atoms with van der Waals surface area (Å²) in [5.41, 5.74) is 2.78. The minimum absolute atomic E-state index is 0.0265. The predicted molar refractivity (Wildman–Crippen MR) is 103 cm³/mol. The second-order valence-electron chi connectivity index (χ2n) is 5.62. The maximum Gasteiger partial charge on any atom is 0.270 e. The van der Waals surface area contributed by atoms with Crippen molar-refractivity contribution in [1.29, 1.82) is 5.26 Å². The number of nitro groups is 1. The summed E-state index contributed by atoms with van der Waals surface area (Å²) in [4.78, 5) is 14.8. The molecule has 0 amide bonds. The average molecular weight is 380 g/mol. The fourth-order valence-electron chi connectivity index (χ4n) is 2.35. The third-order valence-corrected chi connectivity index (χ3v) is 4.65. The minimum atomic E-state index is -0.470. The molecule has 0 aliphatic carbocycles. The van der Waals surface area contributed by atoms with Crippen molar-refractivity contribution in [2.75, 3.05) is 5.32 Å². The number of rotatable bonds is 5. The number of hydrogen-bond acceptors (Lipinski definition) is 6. The van der Waals surface area contributed by atoms with Crippen LogP contribution in [0, 0.1) is 34.2 Å². The van der Waals surface area contributed by atoms with Crippen molar-refractivity contribution in [1.82, 2.24) is 4.98 Å². The lowest BCUT2D eigenvalue weighted by Gasteiger charge is -2.05. The molecule has 0 unspecified atom stereocenters. The van der Waals surface area contributed by atoms with Gasteiger partial charge < -0.3 is 5.32 Å². The van der Waals surface area contributed by atoms with Gasteiger partial charge in [-0.25, -0.2) is 9.37 Å². The van der Waals surface area contributed by atoms with Gasteiger partial charge in [-0.15, -0.1) is 11.3 Å². The normalized spacial score (nSPS) is 11.1. The number of hydrogen-bond donors (Lipinski definition) is 1. The first-order valence-corrected chi connectivity index (χ1v) is 8.69. The number of allylic oxidation sites excluding steroid dienone is 1. The lowest BCUT2D eigenvalue weighted by molar-refractivity contribution is -0.384. The molecule has 27 heavy (non-hydrogen) atoms. The molecular formula is C19H13FN4O2S. The summed E-state index contributed by atoms with van der Waals surface area (Å²) in [5, 5.41) is 25.5. The molecule has 6 nitrogen and oxygen atoms in total. The molecule has 3 rings (SSSR count). The quantitative estimate of drug-likeness (QED) is 0.376. The number of anilines is 1. The Bertz CT molecular complexity index is 1090. The van der Waals surface area contributed by atoms with E-state index in [1.165, 1.54) is 41.8 Å². The van der Waals surface area contributed by atoms with Crippen molar-refractivity contribution in [3.05, 3.63) is 80.5 Å². The van der Waals surface area contributed by atoms with Gasteiger partial charge in [-0.05, 0) is 24.6 Å². The number of nitrogens with one attached hydrogen (secondary N) is 1. The van der Waals surface area contributed by atoms with Crippen LogP contribution in [0.3, 0.4) is 0 Å². The first kappa shape index (κ1) is 18.2. The molecule has 0 spiro atoms. The Kier molecular flexibility index (Phi) is 5.24. The number of nitriles is 1. The summed E-state index contributed by atoms with van der Waals surface area (Å²) < 4.78 is 13.4. The maximum atomic E-state index is 13.4. The molecule has 0 aliphatic rings. The van der Waals surface area contributed by atoms with E-state index in [1.54, 1.807) is 23.6 Å². The van der Waals surface area contributed by atoms with Gasteiger partial charge in [0, 0.05) is 35.0 Å². The fourth-order valence-corrected chi connectivity index (χ4v) is 3.14. The largest absolute Gasteiger partial charge is 0.360 e. The Morgan fingerprint density at radius 2 is 2.19 bits per heavy atom. The summed E-state index contributed by atoms with van der Waals surface area (Å²) in [6, 6.07) is 12.6. The van der Waals surface area contributed by atoms with Gasteiger partial charge >= 0.3 is 0 Å². The Hall–Kier alpha value is -3.57. The van der Waals surface area contributed by atoms with E-state index in [0.29, 0.717) is 22.0 Å². The first-order valence-electron chi connectivity index (χ1n) is 7.81. The molecule has 2 aromatic carbocycles. The highest BCUT2D eigenvalue weighted by Crippen LogP contribution is 2.28. The van der Waals surface area contributed by atoms with Gasteiger partial charge in [-0.2, -0.15) is 5.26 Å². The summed E-state index contributed by atoms with van der Waals surface area (Å²) >= 11 is 1.25. The number of thiazole rings is 1. The van der Waals surface area contributed by atoms with Crippen LogP contribution in [0.25, 0.3) is 16.8 Å². The standard InChI is InChI=1S/C19H13FN4O2S/c1-12-5-6-15(20)8-17(12)22-10-14(9-21)19-23-18(11-27-19)13-3-2-4-16(7-13)24(25)26/h2-8,10-11,22H,1H3. The highest BCUT2D eigenvalue weighted by Gasteiger charge is 2.12. The van der Waals surface area contributed by atoms with Crippen LogP contribution < -0.4 is 5.32 Å². The molecule has 0 saturated heterocycles. The van der Waals surface area contributed by atoms with E-state index in [2.05, 4.69) is 16.4 Å². The summed E-state index contributed by atoms with van der Waals surface area (Å²) in [5.74, 6) is -0.378. The number of benzene rings is 2. The zero-order valence-corrected chi connectivity index (χ0v) is 15.0. The van der Waals surface area contributed by atoms with Gasteiger partial charge in [0.15, 0.2) is 0 Å². The number of nitrogens with zero attached hydrogens (tertiary/aromatic N) is 3. The molecule has 1 aromatic heterocycles. The van der Waals surface area contributed by atoms with Gasteiger partial charge in [0.1, 0.15) is 22.5 Å². The van der Waals surface area contributed by atoms with E-state index >= 15 is 0 Å². The number of aromatic nitrogens is 1. The summed E-state index contributed by atoms with van der Waals surface area (Å²) in [7, 11) is 0. The second kappa shape index (κ2) is 7.76. The minimum Gasteiger partial charge on any atom is -0.360 e. The Labute approximate surface area is 158 Å². The SMILES string of the molecule is Cc1ccc(F)cc1NC=C(C#N)c1nc(-c2cccc([N+](=O)[O-])c2)cs1. The molecule has 0 bridgehead atoms. The molecule has 0 fully saturated rings. The second-order valence-corrected chi connectivity index (χ2v) is 6.48. The third kappa shape index (κ3) is 4.16. The zero-order valence-electron chi connectivity index (χ0n) is 14.1. The lowest BCUT2D eigenvalue weighted by atomic mass is 10.1. The van der Waals surface area contributed by atoms with Gasteiger partial charge in [0.2, 0.25) is 0 Å². The molecule has 0 radical (unpaired) electrons. The number of non-ortho nitro benzene ring substituents is 1. The van der Waals surface area contributed by atoms with E-state index in [-0.39, 0.29) is 17.1 Å². The van der Waals surface area contributed by atoms with Crippen LogP contribution in [0.15, 0.2) is 54.0 Å². The van der Waals surface area contributed by atoms with Crippen molar-refractivity contribution in [2.45, 2.75) is 6.92 Å². The molecule has 0 saturated carbocycles. The Morgan fingerprint density at radius 3 is 2.93 bits per heavy atom. The van der Waals surface area contributed by atoms with Crippen LogP contribution in [0.5, 0.6) is 0 Å². The van der Waals surface area contributed by atoms with Crippen molar-refractivity contribution in [3.8, 4) is 17.3 Å². The smallest absolute Gasteiger partial charge is 0.270 e. The topological polar surface area (TPSA) is 91.8 Å². The van der Waals surface area contributed by atoms with E-state index in [0.717, 1.165) is 5.56 Å². The van der Waals surface area contributed by atoms with Crippen molar-refractivity contribution >= 4 is 28.3 Å². The van der Waals surface area contributed by atoms with Crippen molar-refractivity contribution in [2.24, 2.45) is 0 Å². The maximum absolute atomic E-state index is 13.4. The molecule has 1 heterocycles. The highest BCUT2D eigenvalue weighted by molar-refractivity contribution is 7.11. The van der Waals surface area contributed by atoms with E-state index in [4.69, 9.17) is 0 Å². The van der Waals surface area contributed by atoms with Crippen molar-refractivity contribution in [3.63, 3.8) is 0 Å². The Balaban J connectivity index is 1.87. The van der Waals surface area contributed by atoms with Crippen LogP contribution >= 0.6 is 11.3 Å². The van der Waals surface area contributed by atoms with Gasteiger partial charge in [-0.3, -0.25) is 10.1 Å². The van der Waals surface area contributed by atoms with Crippen LogP contribution in [0.4, 0.5) is 15.8 Å². The van der Waals surface area contributed by atoms with Crippen LogP contribution in [0.2, 0.25) is 0 Å². The zero-order chi connectivity index (χ0) is 19.4. The Morgan fingerprint density at radius 1 is 1.37 bits per heavy atom. The van der Waals surface area contributed by atoms with Gasteiger partial charge in [0.05, 0.1) is 10.6 Å². The van der Waals surface area contributed by atoms with Gasteiger partial charge in [-0.1, -0.05) is 18.2 Å². The van der Waals surface area contributed by atoms with Gasteiger partial charge in [0.25, 0.3) is 5.69 Å². The van der Waals surface area contributed by atoms with Crippen LogP contribution in [0.1, 0.15) is 10.6 Å². The monoisotopic (exact) mass is 380 g/mol. The van der Waals surface area contributed by atoms with E-state index in [1.807, 2.05) is 6.92 Å². The lowest BCUT2D eigenvalue weighted by Crippen LogP contribution is -1.94. The molecule has 8 heteroatoms. The van der Waals surface area contributed by atoms with E-state index < -0.39 is 4.92 Å². The average Bonchev–Trinajstić information content (AvgIpc) is 3.15. The predicted octanol–water partition coefficient (Wildman–Crippen LogP) is 5.14. The van der Waals surface area contributed by atoms with Crippen LogP contribution in [-0.2, 0) is 0 Å². The number of nitro benzene ring substituents is 1. The molecule has 0 atom stereocenters. The number of halogens is 1. The van der Waals surface area contributed by atoms with E-state index in [9.17, 15) is 19.8 Å². The fraction of sp³-hybridized carbons (Fsp3) is 0.0526. The molecule has 3 aromatic rings. The third-order valence-electron chi connectivity index (χ3n) is 3.78.